The SMILES string of the molecule is Fc1ccc(-c2noc(CN3CCCC3)c2-c2ccnc(NC3CCCCC3)n2)cc1. The van der Waals surface area contributed by atoms with Crippen LogP contribution in [-0.2, 0) is 6.54 Å². The first-order valence-electron chi connectivity index (χ1n) is 11.3. The topological polar surface area (TPSA) is 67.1 Å². The van der Waals surface area contributed by atoms with E-state index >= 15 is 0 Å². The van der Waals surface area contributed by atoms with Gasteiger partial charge in [-0.15, -0.1) is 0 Å². The minimum absolute atomic E-state index is 0.271. The molecule has 2 fully saturated rings. The molecule has 1 N–H and O–H groups in total. The Bertz CT molecular complexity index is 1010. The summed E-state index contributed by atoms with van der Waals surface area (Å²) in [7, 11) is 0. The van der Waals surface area contributed by atoms with Gasteiger partial charge in [0, 0.05) is 17.8 Å². The highest BCUT2D eigenvalue weighted by Gasteiger charge is 2.24. The van der Waals surface area contributed by atoms with Crippen LogP contribution in [0.1, 0.15) is 50.7 Å². The molecule has 1 aliphatic carbocycles. The van der Waals surface area contributed by atoms with Crippen LogP contribution in [0.15, 0.2) is 41.1 Å². The third-order valence-corrected chi connectivity index (χ3v) is 6.30. The molecule has 3 heterocycles. The number of halogens is 1. The molecule has 2 aromatic heterocycles. The number of likely N-dealkylation sites (tertiary alicyclic amines) is 1. The molecule has 6 nitrogen and oxygen atoms in total. The van der Waals surface area contributed by atoms with E-state index in [4.69, 9.17) is 9.51 Å². The molecule has 0 amide bonds. The number of aromatic nitrogens is 3. The normalized spacial score (nSPS) is 17.8. The fourth-order valence-corrected chi connectivity index (χ4v) is 4.64. The van der Waals surface area contributed by atoms with E-state index in [9.17, 15) is 4.39 Å². The number of hydrogen-bond donors (Lipinski definition) is 1. The van der Waals surface area contributed by atoms with Crippen LogP contribution in [0.3, 0.4) is 0 Å². The van der Waals surface area contributed by atoms with Gasteiger partial charge in [0.25, 0.3) is 0 Å². The maximum absolute atomic E-state index is 13.5. The molecule has 1 saturated carbocycles. The Kier molecular flexibility index (Phi) is 5.93. The number of nitrogens with zero attached hydrogens (tertiary/aromatic N) is 4. The fourth-order valence-electron chi connectivity index (χ4n) is 4.64. The first kappa shape index (κ1) is 20.1. The molecule has 5 rings (SSSR count). The average molecular weight is 422 g/mol. The third kappa shape index (κ3) is 4.61. The fraction of sp³-hybridized carbons (Fsp3) is 0.458. The molecule has 1 aromatic carbocycles. The number of nitrogens with one attached hydrogen (secondary N) is 1. The van der Waals surface area contributed by atoms with Crippen molar-refractivity contribution in [3.05, 3.63) is 48.1 Å². The summed E-state index contributed by atoms with van der Waals surface area (Å²) in [6.07, 6.45) is 10.3. The van der Waals surface area contributed by atoms with Crippen molar-refractivity contribution in [1.82, 2.24) is 20.0 Å². The van der Waals surface area contributed by atoms with Gasteiger partial charge < -0.3 is 9.84 Å². The van der Waals surface area contributed by atoms with Crippen LogP contribution in [0, 0.1) is 5.82 Å². The van der Waals surface area contributed by atoms with Gasteiger partial charge in [0.2, 0.25) is 5.95 Å². The lowest BCUT2D eigenvalue weighted by molar-refractivity contribution is 0.275. The molecule has 1 aliphatic heterocycles. The molecule has 0 spiro atoms. The Balaban J connectivity index is 1.50. The summed E-state index contributed by atoms with van der Waals surface area (Å²) in [5, 5.41) is 7.88. The summed E-state index contributed by atoms with van der Waals surface area (Å²) in [6, 6.07) is 8.69. The smallest absolute Gasteiger partial charge is 0.223 e. The van der Waals surface area contributed by atoms with Crippen molar-refractivity contribution in [2.24, 2.45) is 0 Å². The first-order valence-corrected chi connectivity index (χ1v) is 11.3. The number of rotatable bonds is 6. The van der Waals surface area contributed by atoms with Gasteiger partial charge in [0.1, 0.15) is 11.5 Å². The van der Waals surface area contributed by atoms with Crippen LogP contribution < -0.4 is 5.32 Å². The highest BCUT2D eigenvalue weighted by atomic mass is 19.1. The van der Waals surface area contributed by atoms with Gasteiger partial charge in [-0.25, -0.2) is 14.4 Å². The molecule has 3 aromatic rings. The zero-order valence-corrected chi connectivity index (χ0v) is 17.7. The van der Waals surface area contributed by atoms with Gasteiger partial charge in [-0.3, -0.25) is 4.90 Å². The van der Waals surface area contributed by atoms with Crippen LogP contribution >= 0.6 is 0 Å². The minimum Gasteiger partial charge on any atom is -0.359 e. The van der Waals surface area contributed by atoms with E-state index < -0.39 is 0 Å². The first-order chi connectivity index (χ1) is 15.3. The van der Waals surface area contributed by atoms with E-state index in [1.165, 1.54) is 44.2 Å². The van der Waals surface area contributed by atoms with Crippen molar-refractivity contribution in [3.8, 4) is 22.5 Å². The van der Waals surface area contributed by atoms with Crippen molar-refractivity contribution >= 4 is 5.95 Å². The van der Waals surface area contributed by atoms with Gasteiger partial charge in [-0.1, -0.05) is 24.4 Å². The highest BCUT2D eigenvalue weighted by Crippen LogP contribution is 2.35. The monoisotopic (exact) mass is 421 g/mol. The lowest BCUT2D eigenvalue weighted by Gasteiger charge is -2.22. The summed E-state index contributed by atoms with van der Waals surface area (Å²) in [5.41, 5.74) is 3.15. The lowest BCUT2D eigenvalue weighted by atomic mass is 9.96. The van der Waals surface area contributed by atoms with E-state index in [0.29, 0.717) is 24.2 Å². The Morgan fingerprint density at radius 3 is 2.55 bits per heavy atom. The van der Waals surface area contributed by atoms with E-state index in [1.807, 2.05) is 6.07 Å². The number of anilines is 1. The maximum Gasteiger partial charge on any atom is 0.223 e. The third-order valence-electron chi connectivity index (χ3n) is 6.30. The van der Waals surface area contributed by atoms with Crippen LogP contribution in [-0.4, -0.2) is 39.2 Å². The lowest BCUT2D eigenvalue weighted by Crippen LogP contribution is -2.23. The van der Waals surface area contributed by atoms with E-state index in [0.717, 1.165) is 48.5 Å². The molecule has 0 atom stereocenters. The standard InChI is InChI=1S/C24H28FN5O/c25-18-10-8-17(9-11-18)23-22(21(31-29-23)16-30-14-4-5-15-30)20-12-13-26-24(28-20)27-19-6-2-1-3-7-19/h8-13,19H,1-7,14-16H2,(H,26,27,28). The zero-order valence-electron chi connectivity index (χ0n) is 17.7. The van der Waals surface area contributed by atoms with Crippen molar-refractivity contribution in [1.29, 1.82) is 0 Å². The molecule has 7 heteroatoms. The molecule has 1 saturated heterocycles. The summed E-state index contributed by atoms with van der Waals surface area (Å²) in [6.45, 7) is 2.81. The zero-order chi connectivity index (χ0) is 21.0. The van der Waals surface area contributed by atoms with Gasteiger partial charge in [-0.2, -0.15) is 0 Å². The van der Waals surface area contributed by atoms with E-state index in [2.05, 4.69) is 20.4 Å². The maximum atomic E-state index is 13.5. The quantitative estimate of drug-likeness (QED) is 0.584. The summed E-state index contributed by atoms with van der Waals surface area (Å²) < 4.78 is 19.3. The molecule has 0 unspecified atom stereocenters. The Morgan fingerprint density at radius 1 is 1.00 bits per heavy atom. The summed E-state index contributed by atoms with van der Waals surface area (Å²) in [5.74, 6) is 1.17. The Morgan fingerprint density at radius 2 is 1.77 bits per heavy atom. The van der Waals surface area contributed by atoms with Gasteiger partial charge in [-0.05, 0) is 69.1 Å². The second-order valence-electron chi connectivity index (χ2n) is 8.56. The van der Waals surface area contributed by atoms with Crippen LogP contribution in [0.2, 0.25) is 0 Å². The predicted molar refractivity (Wildman–Crippen MR) is 118 cm³/mol. The molecular weight excluding hydrogens is 393 g/mol. The molecule has 31 heavy (non-hydrogen) atoms. The largest absolute Gasteiger partial charge is 0.359 e. The van der Waals surface area contributed by atoms with Crippen LogP contribution in [0.5, 0.6) is 0 Å². The molecule has 2 aliphatic rings. The predicted octanol–water partition coefficient (Wildman–Crippen LogP) is 5.28. The van der Waals surface area contributed by atoms with Crippen molar-refractivity contribution in [2.75, 3.05) is 18.4 Å². The molecule has 162 valence electrons. The van der Waals surface area contributed by atoms with Crippen molar-refractivity contribution in [3.63, 3.8) is 0 Å². The highest BCUT2D eigenvalue weighted by molar-refractivity contribution is 5.80. The molecular formula is C24H28FN5O. The summed E-state index contributed by atoms with van der Waals surface area (Å²) in [4.78, 5) is 11.7. The Hall–Kier alpha value is -2.80. The van der Waals surface area contributed by atoms with Gasteiger partial charge >= 0.3 is 0 Å². The average Bonchev–Trinajstić information content (AvgIpc) is 3.46. The van der Waals surface area contributed by atoms with Gasteiger partial charge in [0.15, 0.2) is 5.76 Å². The van der Waals surface area contributed by atoms with Crippen LogP contribution in [0.25, 0.3) is 22.5 Å². The van der Waals surface area contributed by atoms with Gasteiger partial charge in [0.05, 0.1) is 17.8 Å². The number of hydrogen-bond acceptors (Lipinski definition) is 6. The van der Waals surface area contributed by atoms with Crippen molar-refractivity contribution in [2.45, 2.75) is 57.5 Å². The molecule has 0 radical (unpaired) electrons. The van der Waals surface area contributed by atoms with Crippen molar-refractivity contribution < 1.29 is 8.91 Å². The summed E-state index contributed by atoms with van der Waals surface area (Å²) >= 11 is 0. The van der Waals surface area contributed by atoms with E-state index in [1.54, 1.807) is 18.3 Å². The second-order valence-corrected chi connectivity index (χ2v) is 8.56. The molecule has 0 bridgehead atoms. The Labute approximate surface area is 181 Å². The number of benzene rings is 1. The minimum atomic E-state index is -0.271. The van der Waals surface area contributed by atoms with Crippen LogP contribution in [0.4, 0.5) is 10.3 Å². The van der Waals surface area contributed by atoms with E-state index in [-0.39, 0.29) is 5.82 Å². The second kappa shape index (κ2) is 9.14.